The first-order valence-corrected chi connectivity index (χ1v) is 7.24. The zero-order valence-corrected chi connectivity index (χ0v) is 12.2. The van der Waals surface area contributed by atoms with Gasteiger partial charge in [0.1, 0.15) is 5.69 Å². The molecule has 0 radical (unpaired) electrons. The lowest BCUT2D eigenvalue weighted by molar-refractivity contribution is -0.386. The number of benzene rings is 2. The second-order valence-electron chi connectivity index (χ2n) is 4.37. The van der Waals surface area contributed by atoms with Crippen LogP contribution in [-0.2, 0) is 5.75 Å². The van der Waals surface area contributed by atoms with E-state index in [0.717, 1.165) is 5.75 Å². The van der Waals surface area contributed by atoms with Crippen LogP contribution in [0, 0.1) is 17.0 Å². The van der Waals surface area contributed by atoms with Gasteiger partial charge in [0.15, 0.2) is 0 Å². The predicted molar refractivity (Wildman–Crippen MR) is 83.4 cm³/mol. The molecule has 5 heteroatoms. The molecule has 0 unspecified atom stereocenters. The van der Waals surface area contributed by atoms with Crippen molar-refractivity contribution in [2.45, 2.75) is 17.6 Å². The maximum absolute atomic E-state index is 11.2. The van der Waals surface area contributed by atoms with Gasteiger partial charge in [-0.25, -0.2) is 0 Å². The van der Waals surface area contributed by atoms with Crippen molar-refractivity contribution in [2.24, 2.45) is 0 Å². The lowest BCUT2D eigenvalue weighted by Gasteiger charge is -2.08. The number of thioether (sulfide) groups is 1. The lowest BCUT2D eigenvalue weighted by Crippen LogP contribution is -1.98. The smallest absolute Gasteiger partial charge is 0.305 e. The molecular weight excluding hydrogens is 272 g/mol. The van der Waals surface area contributed by atoms with E-state index in [0.29, 0.717) is 10.6 Å². The summed E-state index contributed by atoms with van der Waals surface area (Å²) in [7, 11) is 1.69. The molecule has 0 aliphatic rings. The molecule has 0 bridgehead atoms. The van der Waals surface area contributed by atoms with Gasteiger partial charge in [-0.1, -0.05) is 30.3 Å². The number of para-hydroxylation sites is 1. The summed E-state index contributed by atoms with van der Waals surface area (Å²) in [5.41, 5.74) is 3.09. The number of nitro benzene ring substituents is 1. The average molecular weight is 288 g/mol. The van der Waals surface area contributed by atoms with E-state index in [1.807, 2.05) is 31.2 Å². The van der Waals surface area contributed by atoms with Crippen LogP contribution in [0.2, 0.25) is 0 Å². The third-order valence-electron chi connectivity index (χ3n) is 3.10. The molecule has 104 valence electrons. The highest BCUT2D eigenvalue weighted by atomic mass is 32.2. The van der Waals surface area contributed by atoms with Gasteiger partial charge in [-0.15, -0.1) is 11.8 Å². The molecule has 0 aromatic heterocycles. The fourth-order valence-corrected chi connectivity index (χ4v) is 3.09. The first-order chi connectivity index (χ1) is 9.63. The van der Waals surface area contributed by atoms with Crippen molar-refractivity contribution in [1.82, 2.24) is 0 Å². The summed E-state index contributed by atoms with van der Waals surface area (Å²) >= 11 is 1.49. The summed E-state index contributed by atoms with van der Waals surface area (Å²) in [6, 6.07) is 13.4. The zero-order chi connectivity index (χ0) is 14.5. The van der Waals surface area contributed by atoms with E-state index in [2.05, 4.69) is 11.4 Å². The van der Waals surface area contributed by atoms with Crippen LogP contribution in [0.25, 0.3) is 0 Å². The Morgan fingerprint density at radius 2 is 1.95 bits per heavy atom. The normalized spacial score (nSPS) is 10.3. The van der Waals surface area contributed by atoms with E-state index in [1.54, 1.807) is 19.2 Å². The number of nitrogens with one attached hydrogen (secondary N) is 1. The van der Waals surface area contributed by atoms with E-state index in [1.165, 1.54) is 22.9 Å². The maximum Gasteiger partial charge on any atom is 0.305 e. The van der Waals surface area contributed by atoms with Crippen LogP contribution in [0.1, 0.15) is 11.1 Å². The van der Waals surface area contributed by atoms with Crippen LogP contribution in [0.4, 0.5) is 11.4 Å². The number of rotatable bonds is 5. The van der Waals surface area contributed by atoms with Crippen LogP contribution < -0.4 is 5.32 Å². The Bertz CT molecular complexity index is 629. The SMILES string of the molecule is CNc1cccc(SCc2ccccc2C)c1[N+](=O)[O-]. The summed E-state index contributed by atoms with van der Waals surface area (Å²) in [6.45, 7) is 2.05. The minimum absolute atomic E-state index is 0.147. The Balaban J connectivity index is 2.26. The minimum Gasteiger partial charge on any atom is -0.383 e. The molecule has 0 spiro atoms. The second kappa shape index (κ2) is 6.43. The van der Waals surface area contributed by atoms with Gasteiger partial charge >= 0.3 is 5.69 Å². The number of aryl methyl sites for hydroxylation is 1. The van der Waals surface area contributed by atoms with Gasteiger partial charge in [0, 0.05) is 12.8 Å². The highest BCUT2D eigenvalue weighted by molar-refractivity contribution is 7.98. The van der Waals surface area contributed by atoms with Crippen molar-refractivity contribution < 1.29 is 4.92 Å². The number of anilines is 1. The molecule has 0 amide bonds. The molecule has 0 saturated heterocycles. The Morgan fingerprint density at radius 1 is 1.20 bits per heavy atom. The first-order valence-electron chi connectivity index (χ1n) is 6.26. The Labute approximate surface area is 122 Å². The van der Waals surface area contributed by atoms with Crippen molar-refractivity contribution in [3.63, 3.8) is 0 Å². The average Bonchev–Trinajstić information content (AvgIpc) is 2.45. The monoisotopic (exact) mass is 288 g/mol. The summed E-state index contributed by atoms with van der Waals surface area (Å²) < 4.78 is 0. The van der Waals surface area contributed by atoms with Crippen LogP contribution in [0.3, 0.4) is 0 Å². The Morgan fingerprint density at radius 3 is 2.60 bits per heavy atom. The van der Waals surface area contributed by atoms with Gasteiger partial charge in [-0.3, -0.25) is 10.1 Å². The molecule has 2 aromatic carbocycles. The van der Waals surface area contributed by atoms with E-state index in [4.69, 9.17) is 0 Å². The Kier molecular flexibility index (Phi) is 4.63. The predicted octanol–water partition coefficient (Wildman–Crippen LogP) is 4.24. The highest BCUT2D eigenvalue weighted by Gasteiger charge is 2.19. The molecule has 0 heterocycles. The standard InChI is InChI=1S/C15H16N2O2S/c1-11-6-3-4-7-12(11)10-20-14-9-5-8-13(16-2)15(14)17(18)19/h3-9,16H,10H2,1-2H3. The quantitative estimate of drug-likeness (QED) is 0.508. The molecule has 0 aliphatic carbocycles. The molecule has 2 rings (SSSR count). The fraction of sp³-hybridized carbons (Fsp3) is 0.200. The largest absolute Gasteiger partial charge is 0.383 e. The molecule has 2 aromatic rings. The molecule has 0 aliphatic heterocycles. The van der Waals surface area contributed by atoms with E-state index in [-0.39, 0.29) is 10.6 Å². The molecule has 0 saturated carbocycles. The number of hydrogen-bond acceptors (Lipinski definition) is 4. The third-order valence-corrected chi connectivity index (χ3v) is 4.19. The van der Waals surface area contributed by atoms with Crippen LogP contribution in [-0.4, -0.2) is 12.0 Å². The first kappa shape index (κ1) is 14.4. The van der Waals surface area contributed by atoms with Gasteiger partial charge in [0.2, 0.25) is 0 Å². The number of nitro groups is 1. The van der Waals surface area contributed by atoms with Crippen molar-refractivity contribution in [1.29, 1.82) is 0 Å². The molecule has 1 N–H and O–H groups in total. The van der Waals surface area contributed by atoms with Crippen molar-refractivity contribution in [3.8, 4) is 0 Å². The summed E-state index contributed by atoms with van der Waals surface area (Å²) in [4.78, 5) is 11.6. The molecule has 4 nitrogen and oxygen atoms in total. The van der Waals surface area contributed by atoms with E-state index < -0.39 is 0 Å². The van der Waals surface area contributed by atoms with E-state index in [9.17, 15) is 10.1 Å². The molecular formula is C15H16N2O2S. The number of nitrogens with zero attached hydrogens (tertiary/aromatic N) is 1. The van der Waals surface area contributed by atoms with Gasteiger partial charge in [0.25, 0.3) is 0 Å². The summed E-state index contributed by atoms with van der Waals surface area (Å²) in [6.07, 6.45) is 0. The van der Waals surface area contributed by atoms with Crippen LogP contribution in [0.5, 0.6) is 0 Å². The van der Waals surface area contributed by atoms with Crippen molar-refractivity contribution >= 4 is 23.1 Å². The summed E-state index contributed by atoms with van der Waals surface area (Å²) in [5, 5.41) is 14.1. The third kappa shape index (κ3) is 3.11. The second-order valence-corrected chi connectivity index (χ2v) is 5.39. The van der Waals surface area contributed by atoms with Gasteiger partial charge in [-0.2, -0.15) is 0 Å². The van der Waals surface area contributed by atoms with Gasteiger partial charge in [0.05, 0.1) is 9.82 Å². The lowest BCUT2D eigenvalue weighted by atomic mass is 10.1. The topological polar surface area (TPSA) is 55.2 Å². The molecule has 20 heavy (non-hydrogen) atoms. The van der Waals surface area contributed by atoms with Crippen molar-refractivity contribution in [3.05, 3.63) is 63.7 Å². The Hall–Kier alpha value is -2.01. The number of hydrogen-bond donors (Lipinski definition) is 1. The van der Waals surface area contributed by atoms with E-state index >= 15 is 0 Å². The van der Waals surface area contributed by atoms with Crippen LogP contribution >= 0.6 is 11.8 Å². The summed E-state index contributed by atoms with van der Waals surface area (Å²) in [5.74, 6) is 0.723. The van der Waals surface area contributed by atoms with Crippen molar-refractivity contribution in [2.75, 3.05) is 12.4 Å². The zero-order valence-electron chi connectivity index (χ0n) is 11.4. The molecule has 0 fully saturated rings. The maximum atomic E-state index is 11.2. The highest BCUT2D eigenvalue weighted by Crippen LogP contribution is 2.37. The molecule has 0 atom stereocenters. The fourth-order valence-electron chi connectivity index (χ4n) is 1.96. The minimum atomic E-state index is -0.327. The van der Waals surface area contributed by atoms with Gasteiger partial charge in [-0.05, 0) is 30.2 Å². The van der Waals surface area contributed by atoms with Crippen LogP contribution in [0.15, 0.2) is 47.4 Å². The van der Waals surface area contributed by atoms with Gasteiger partial charge < -0.3 is 5.32 Å².